The Morgan fingerprint density at radius 2 is 2.38 bits per heavy atom. The fourth-order valence-electron chi connectivity index (χ4n) is 1.32. The molecule has 0 aliphatic heterocycles. The highest BCUT2D eigenvalue weighted by Crippen LogP contribution is 2.28. The van der Waals surface area contributed by atoms with Crippen LogP contribution in [0.5, 0.6) is 0 Å². The van der Waals surface area contributed by atoms with Crippen LogP contribution >= 0.6 is 15.9 Å². The smallest absolute Gasteiger partial charge is 0.304 e. The van der Waals surface area contributed by atoms with E-state index in [1.54, 1.807) is 6.92 Å². The van der Waals surface area contributed by atoms with Gasteiger partial charge in [0, 0.05) is 22.7 Å². The Hall–Kier alpha value is -1.50. The van der Waals surface area contributed by atoms with Crippen LogP contribution in [0.2, 0.25) is 0 Å². The normalized spacial score (nSPS) is 12.1. The fraction of sp³-hybridized carbons (Fsp3) is 0.333. The summed E-state index contributed by atoms with van der Waals surface area (Å²) in [7, 11) is 0. The number of nitrogens with zero attached hydrogens (tertiary/aromatic N) is 2. The average Bonchev–Trinajstić information content (AvgIpc) is 2.16. The number of carboxylic acids is 1. The molecule has 16 heavy (non-hydrogen) atoms. The first kappa shape index (κ1) is 12.6. The first-order valence-corrected chi connectivity index (χ1v) is 5.22. The number of halogens is 1. The number of aromatic nitrogens is 1. The predicted molar refractivity (Wildman–Crippen MR) is 59.3 cm³/mol. The zero-order valence-electron chi connectivity index (χ0n) is 8.38. The van der Waals surface area contributed by atoms with Crippen LogP contribution in [0.4, 0.5) is 5.69 Å². The second-order valence-electron chi connectivity index (χ2n) is 3.31. The molecule has 0 saturated carbocycles. The number of carboxylic acid groups (broad SMARTS) is 1. The molecule has 7 heteroatoms. The van der Waals surface area contributed by atoms with Gasteiger partial charge in [0.1, 0.15) is 5.69 Å². The van der Waals surface area contributed by atoms with Gasteiger partial charge in [0.15, 0.2) is 0 Å². The zero-order chi connectivity index (χ0) is 12.3. The monoisotopic (exact) mass is 288 g/mol. The molecule has 1 aromatic rings. The molecule has 1 heterocycles. The highest BCUT2D eigenvalue weighted by Gasteiger charge is 2.22. The molecule has 0 spiro atoms. The van der Waals surface area contributed by atoms with E-state index in [2.05, 4.69) is 20.9 Å². The first-order valence-electron chi connectivity index (χ1n) is 4.43. The molecule has 0 aliphatic rings. The van der Waals surface area contributed by atoms with Crippen molar-refractivity contribution in [2.24, 2.45) is 0 Å². The van der Waals surface area contributed by atoms with E-state index in [9.17, 15) is 14.9 Å². The van der Waals surface area contributed by atoms with Gasteiger partial charge in [-0.25, -0.2) is 0 Å². The molecule has 0 aromatic carbocycles. The SMILES string of the molecule is CC(CC(=O)O)c1ncc(Br)cc1[N+](=O)[O-]. The highest BCUT2D eigenvalue weighted by atomic mass is 79.9. The summed E-state index contributed by atoms with van der Waals surface area (Å²) in [6.45, 7) is 1.59. The number of aliphatic carboxylic acids is 1. The van der Waals surface area contributed by atoms with Crippen molar-refractivity contribution in [2.45, 2.75) is 19.3 Å². The Balaban J connectivity index is 3.12. The number of carbonyl (C=O) groups is 1. The highest BCUT2D eigenvalue weighted by molar-refractivity contribution is 9.10. The molecule has 0 amide bonds. The van der Waals surface area contributed by atoms with Gasteiger partial charge in [-0.1, -0.05) is 6.92 Å². The lowest BCUT2D eigenvalue weighted by Gasteiger charge is -2.08. The van der Waals surface area contributed by atoms with Crippen LogP contribution in [0.15, 0.2) is 16.7 Å². The van der Waals surface area contributed by atoms with Gasteiger partial charge in [0.05, 0.1) is 11.3 Å². The predicted octanol–water partition coefficient (Wildman–Crippen LogP) is 2.33. The van der Waals surface area contributed by atoms with Gasteiger partial charge in [-0.15, -0.1) is 0 Å². The third-order valence-corrected chi connectivity index (χ3v) is 2.44. The van der Waals surface area contributed by atoms with Crippen molar-refractivity contribution in [2.75, 3.05) is 0 Å². The molecule has 1 rings (SSSR count). The van der Waals surface area contributed by atoms with Crippen LogP contribution in [0.3, 0.4) is 0 Å². The van der Waals surface area contributed by atoms with Crippen molar-refractivity contribution in [3.05, 3.63) is 32.5 Å². The van der Waals surface area contributed by atoms with E-state index in [0.29, 0.717) is 4.47 Å². The van der Waals surface area contributed by atoms with E-state index in [4.69, 9.17) is 5.11 Å². The largest absolute Gasteiger partial charge is 0.481 e. The van der Waals surface area contributed by atoms with E-state index in [1.807, 2.05) is 0 Å². The van der Waals surface area contributed by atoms with E-state index in [1.165, 1.54) is 12.3 Å². The van der Waals surface area contributed by atoms with Gasteiger partial charge in [0.25, 0.3) is 5.69 Å². The maximum Gasteiger partial charge on any atom is 0.304 e. The second-order valence-corrected chi connectivity index (χ2v) is 4.23. The molecule has 0 radical (unpaired) electrons. The summed E-state index contributed by atoms with van der Waals surface area (Å²) in [6, 6.07) is 1.32. The molecular weight excluding hydrogens is 280 g/mol. The maximum absolute atomic E-state index is 10.8. The van der Waals surface area contributed by atoms with Crippen molar-refractivity contribution in [1.29, 1.82) is 0 Å². The topological polar surface area (TPSA) is 93.3 Å². The van der Waals surface area contributed by atoms with E-state index in [0.717, 1.165) is 0 Å². The van der Waals surface area contributed by atoms with Crippen molar-refractivity contribution in [3.63, 3.8) is 0 Å². The number of nitro groups is 1. The van der Waals surface area contributed by atoms with Gasteiger partial charge >= 0.3 is 5.97 Å². The van der Waals surface area contributed by atoms with E-state index >= 15 is 0 Å². The van der Waals surface area contributed by atoms with Crippen LogP contribution in [0.1, 0.15) is 25.0 Å². The number of hydrogen-bond acceptors (Lipinski definition) is 4. The van der Waals surface area contributed by atoms with E-state index < -0.39 is 16.8 Å². The molecule has 1 N–H and O–H groups in total. The van der Waals surface area contributed by atoms with Gasteiger partial charge < -0.3 is 5.11 Å². The summed E-state index contributed by atoms with van der Waals surface area (Å²) in [4.78, 5) is 24.6. The second kappa shape index (κ2) is 5.02. The minimum Gasteiger partial charge on any atom is -0.481 e. The lowest BCUT2D eigenvalue weighted by atomic mass is 10.0. The molecule has 0 bridgehead atoms. The summed E-state index contributed by atoms with van der Waals surface area (Å²) in [5.74, 6) is -1.50. The van der Waals surface area contributed by atoms with Crippen LogP contribution in [-0.4, -0.2) is 21.0 Å². The molecule has 0 aliphatic carbocycles. The van der Waals surface area contributed by atoms with Crippen LogP contribution in [0.25, 0.3) is 0 Å². The van der Waals surface area contributed by atoms with Crippen molar-refractivity contribution < 1.29 is 14.8 Å². The fourth-order valence-corrected chi connectivity index (χ4v) is 1.64. The molecular formula is C9H9BrN2O4. The number of pyridine rings is 1. The van der Waals surface area contributed by atoms with Crippen molar-refractivity contribution in [3.8, 4) is 0 Å². The minimum atomic E-state index is -1.01. The lowest BCUT2D eigenvalue weighted by molar-refractivity contribution is -0.386. The molecule has 1 unspecified atom stereocenters. The Labute approximate surface area is 99.6 Å². The van der Waals surface area contributed by atoms with E-state index in [-0.39, 0.29) is 17.8 Å². The Morgan fingerprint density at radius 3 is 2.88 bits per heavy atom. The molecule has 0 fully saturated rings. The molecule has 86 valence electrons. The standard InChI is InChI=1S/C9H9BrN2O4/c1-5(2-8(13)14)9-7(12(15)16)3-6(10)4-11-9/h3-5H,2H2,1H3,(H,13,14). The van der Waals surface area contributed by atoms with Gasteiger partial charge in [-0.3, -0.25) is 19.9 Å². The first-order chi connectivity index (χ1) is 7.41. The Bertz CT molecular complexity index is 436. The maximum atomic E-state index is 10.8. The summed E-state index contributed by atoms with van der Waals surface area (Å²) in [6.07, 6.45) is 1.23. The average molecular weight is 289 g/mol. The molecule has 1 aromatic heterocycles. The molecule has 6 nitrogen and oxygen atoms in total. The Morgan fingerprint density at radius 1 is 1.75 bits per heavy atom. The summed E-state index contributed by atoms with van der Waals surface area (Å²) in [5.41, 5.74) is 0.0266. The van der Waals surface area contributed by atoms with Crippen LogP contribution < -0.4 is 0 Å². The van der Waals surface area contributed by atoms with Gasteiger partial charge in [0.2, 0.25) is 0 Å². The van der Waals surface area contributed by atoms with Crippen molar-refractivity contribution >= 4 is 27.6 Å². The van der Waals surface area contributed by atoms with Crippen LogP contribution in [-0.2, 0) is 4.79 Å². The van der Waals surface area contributed by atoms with Gasteiger partial charge in [-0.05, 0) is 15.9 Å². The summed E-state index contributed by atoms with van der Waals surface area (Å²) < 4.78 is 0.491. The quantitative estimate of drug-likeness (QED) is 0.678. The summed E-state index contributed by atoms with van der Waals surface area (Å²) in [5, 5.41) is 19.4. The third kappa shape index (κ3) is 2.99. The van der Waals surface area contributed by atoms with Crippen molar-refractivity contribution in [1.82, 2.24) is 4.98 Å². The summed E-state index contributed by atoms with van der Waals surface area (Å²) >= 11 is 3.08. The minimum absolute atomic E-state index is 0.164. The zero-order valence-corrected chi connectivity index (χ0v) is 9.97. The lowest BCUT2D eigenvalue weighted by Crippen LogP contribution is -2.07. The Kier molecular flexibility index (Phi) is 3.94. The number of hydrogen-bond donors (Lipinski definition) is 1. The molecule has 0 saturated heterocycles. The molecule has 1 atom stereocenters. The number of rotatable bonds is 4. The van der Waals surface area contributed by atoms with Gasteiger partial charge in [-0.2, -0.15) is 0 Å². The third-order valence-electron chi connectivity index (χ3n) is 2.01. The van der Waals surface area contributed by atoms with Crippen LogP contribution in [0, 0.1) is 10.1 Å².